The highest BCUT2D eigenvalue weighted by atomic mass is 16.4. The van der Waals surface area contributed by atoms with Gasteiger partial charge in [0, 0.05) is 19.4 Å². The lowest BCUT2D eigenvalue weighted by atomic mass is 10.3. The molecular weight excluding hydrogens is 282 g/mol. The van der Waals surface area contributed by atoms with Gasteiger partial charge in [-0.3, -0.25) is 14.2 Å². The summed E-state index contributed by atoms with van der Waals surface area (Å²) in [5.41, 5.74) is 1.86. The molecule has 0 radical (unpaired) electrons. The third-order valence-corrected chi connectivity index (χ3v) is 3.29. The van der Waals surface area contributed by atoms with Gasteiger partial charge in [0.15, 0.2) is 5.76 Å². The van der Waals surface area contributed by atoms with Crippen LogP contribution in [0.1, 0.15) is 27.7 Å². The predicted octanol–water partition coefficient (Wildman–Crippen LogP) is 1.50. The summed E-state index contributed by atoms with van der Waals surface area (Å²) in [6.07, 6.45) is 3.54. The molecule has 114 valence electrons. The van der Waals surface area contributed by atoms with Gasteiger partial charge in [-0.15, -0.1) is 0 Å². The number of hydrogen-bond acceptors (Lipinski definition) is 4. The zero-order valence-electron chi connectivity index (χ0n) is 12.5. The molecule has 3 heterocycles. The Bertz CT molecular complexity index is 770. The van der Waals surface area contributed by atoms with Gasteiger partial charge in [0.1, 0.15) is 5.76 Å². The molecule has 0 aromatic carbocycles. The topological polar surface area (TPSA) is 77.9 Å². The second kappa shape index (κ2) is 5.88. The van der Waals surface area contributed by atoms with Crippen LogP contribution in [0.4, 0.5) is 0 Å². The molecule has 0 atom stereocenters. The van der Waals surface area contributed by atoms with Gasteiger partial charge >= 0.3 is 0 Å². The zero-order valence-corrected chi connectivity index (χ0v) is 12.5. The van der Waals surface area contributed by atoms with Gasteiger partial charge in [-0.2, -0.15) is 10.2 Å². The maximum absolute atomic E-state index is 12.1. The first-order chi connectivity index (χ1) is 10.6. The molecule has 0 aliphatic rings. The standard InChI is InChI=1S/C15H17N5O2/c1-11-8-12(19(2)18-11)9-16-15(21)14-5-4-13(22-14)10-20-7-3-6-17-20/h3-8H,9-10H2,1-2H3,(H,16,21). The van der Waals surface area contributed by atoms with Crippen molar-refractivity contribution >= 4 is 5.91 Å². The van der Waals surface area contributed by atoms with Crippen LogP contribution in [0.2, 0.25) is 0 Å². The Balaban J connectivity index is 1.60. The van der Waals surface area contributed by atoms with E-state index in [9.17, 15) is 4.79 Å². The molecular formula is C15H17N5O2. The van der Waals surface area contributed by atoms with E-state index in [1.54, 1.807) is 27.7 Å². The average Bonchev–Trinajstić information content (AvgIpc) is 3.19. The number of carbonyl (C=O) groups is 1. The highest BCUT2D eigenvalue weighted by Crippen LogP contribution is 2.10. The smallest absolute Gasteiger partial charge is 0.287 e. The minimum Gasteiger partial charge on any atom is -0.454 e. The van der Waals surface area contributed by atoms with Crippen LogP contribution in [-0.2, 0) is 20.1 Å². The first kappa shape index (κ1) is 14.1. The Morgan fingerprint density at radius 2 is 2.27 bits per heavy atom. The normalized spacial score (nSPS) is 10.8. The van der Waals surface area contributed by atoms with Crippen LogP contribution in [0.3, 0.4) is 0 Å². The van der Waals surface area contributed by atoms with E-state index in [1.165, 1.54) is 0 Å². The number of nitrogens with one attached hydrogen (secondary N) is 1. The Labute approximate surface area is 127 Å². The minimum absolute atomic E-state index is 0.245. The quantitative estimate of drug-likeness (QED) is 0.774. The van der Waals surface area contributed by atoms with Crippen LogP contribution in [-0.4, -0.2) is 25.5 Å². The number of aromatic nitrogens is 4. The van der Waals surface area contributed by atoms with E-state index >= 15 is 0 Å². The molecule has 22 heavy (non-hydrogen) atoms. The van der Waals surface area contributed by atoms with Crippen molar-refractivity contribution in [3.05, 3.63) is 59.6 Å². The van der Waals surface area contributed by atoms with Crippen LogP contribution in [0.5, 0.6) is 0 Å². The van der Waals surface area contributed by atoms with E-state index in [2.05, 4.69) is 15.5 Å². The van der Waals surface area contributed by atoms with E-state index in [4.69, 9.17) is 4.42 Å². The lowest BCUT2D eigenvalue weighted by Crippen LogP contribution is -2.23. The third kappa shape index (κ3) is 3.08. The Kier molecular flexibility index (Phi) is 3.78. The monoisotopic (exact) mass is 299 g/mol. The molecule has 0 aliphatic carbocycles. The molecule has 0 spiro atoms. The predicted molar refractivity (Wildman–Crippen MR) is 79.2 cm³/mol. The summed E-state index contributed by atoms with van der Waals surface area (Å²) in [5, 5.41) is 11.2. The Hall–Kier alpha value is -2.83. The van der Waals surface area contributed by atoms with Crippen LogP contribution < -0.4 is 5.32 Å². The molecule has 0 saturated carbocycles. The molecule has 3 aromatic rings. The van der Waals surface area contributed by atoms with Gasteiger partial charge in [-0.05, 0) is 31.2 Å². The van der Waals surface area contributed by atoms with Gasteiger partial charge < -0.3 is 9.73 Å². The maximum atomic E-state index is 12.1. The van der Waals surface area contributed by atoms with Crippen molar-refractivity contribution < 1.29 is 9.21 Å². The molecule has 1 amide bonds. The van der Waals surface area contributed by atoms with Crippen molar-refractivity contribution in [3.8, 4) is 0 Å². The van der Waals surface area contributed by atoms with Crippen molar-refractivity contribution in [2.24, 2.45) is 7.05 Å². The second-order valence-corrected chi connectivity index (χ2v) is 5.05. The molecule has 0 fully saturated rings. The van der Waals surface area contributed by atoms with Crippen molar-refractivity contribution in [3.63, 3.8) is 0 Å². The number of nitrogens with zero attached hydrogens (tertiary/aromatic N) is 4. The van der Waals surface area contributed by atoms with Gasteiger partial charge in [-0.1, -0.05) is 0 Å². The van der Waals surface area contributed by atoms with E-state index in [1.807, 2.05) is 32.3 Å². The lowest BCUT2D eigenvalue weighted by molar-refractivity contribution is 0.0920. The van der Waals surface area contributed by atoms with Crippen LogP contribution in [0, 0.1) is 6.92 Å². The number of carbonyl (C=O) groups excluding carboxylic acids is 1. The van der Waals surface area contributed by atoms with Crippen molar-refractivity contribution in [1.82, 2.24) is 24.9 Å². The minimum atomic E-state index is -0.245. The van der Waals surface area contributed by atoms with Crippen LogP contribution in [0.25, 0.3) is 0 Å². The van der Waals surface area contributed by atoms with Crippen molar-refractivity contribution in [2.45, 2.75) is 20.0 Å². The molecule has 0 saturated heterocycles. The number of hydrogen-bond donors (Lipinski definition) is 1. The average molecular weight is 299 g/mol. The molecule has 0 unspecified atom stereocenters. The summed E-state index contributed by atoms with van der Waals surface area (Å²) in [6, 6.07) is 7.23. The number of rotatable bonds is 5. The van der Waals surface area contributed by atoms with E-state index < -0.39 is 0 Å². The Morgan fingerprint density at radius 1 is 1.41 bits per heavy atom. The Morgan fingerprint density at radius 3 is 2.95 bits per heavy atom. The first-order valence-corrected chi connectivity index (χ1v) is 6.95. The number of furan rings is 1. The number of amides is 1. The molecule has 0 bridgehead atoms. The molecule has 3 aromatic heterocycles. The molecule has 7 nitrogen and oxygen atoms in total. The van der Waals surface area contributed by atoms with Gasteiger partial charge in [-0.25, -0.2) is 0 Å². The molecule has 7 heteroatoms. The highest BCUT2D eigenvalue weighted by Gasteiger charge is 2.12. The summed E-state index contributed by atoms with van der Waals surface area (Å²) >= 11 is 0. The van der Waals surface area contributed by atoms with Crippen molar-refractivity contribution in [2.75, 3.05) is 0 Å². The summed E-state index contributed by atoms with van der Waals surface area (Å²) in [4.78, 5) is 12.1. The van der Waals surface area contributed by atoms with E-state index in [-0.39, 0.29) is 5.91 Å². The summed E-state index contributed by atoms with van der Waals surface area (Å²) in [6.45, 7) is 2.83. The first-order valence-electron chi connectivity index (χ1n) is 6.95. The summed E-state index contributed by atoms with van der Waals surface area (Å²) in [7, 11) is 1.85. The highest BCUT2D eigenvalue weighted by molar-refractivity contribution is 5.91. The van der Waals surface area contributed by atoms with Gasteiger partial charge in [0.05, 0.1) is 24.5 Å². The van der Waals surface area contributed by atoms with Gasteiger partial charge in [0.2, 0.25) is 0 Å². The van der Waals surface area contributed by atoms with Crippen LogP contribution >= 0.6 is 0 Å². The fourth-order valence-corrected chi connectivity index (χ4v) is 2.23. The van der Waals surface area contributed by atoms with E-state index in [0.29, 0.717) is 24.6 Å². The molecule has 0 aliphatic heterocycles. The second-order valence-electron chi connectivity index (χ2n) is 5.05. The third-order valence-electron chi connectivity index (χ3n) is 3.29. The maximum Gasteiger partial charge on any atom is 0.287 e. The SMILES string of the molecule is Cc1cc(CNC(=O)c2ccc(Cn3cccn3)o2)n(C)n1. The molecule has 3 rings (SSSR count). The summed E-state index contributed by atoms with van der Waals surface area (Å²) in [5.74, 6) is 0.733. The zero-order chi connectivity index (χ0) is 15.5. The fourth-order valence-electron chi connectivity index (χ4n) is 2.23. The number of aryl methyl sites for hydroxylation is 2. The van der Waals surface area contributed by atoms with Crippen LogP contribution in [0.15, 0.2) is 41.1 Å². The largest absolute Gasteiger partial charge is 0.454 e. The van der Waals surface area contributed by atoms with E-state index in [0.717, 1.165) is 11.4 Å². The fraction of sp³-hybridized carbons (Fsp3) is 0.267. The molecule has 1 N–H and O–H groups in total. The van der Waals surface area contributed by atoms with Crippen molar-refractivity contribution in [1.29, 1.82) is 0 Å². The van der Waals surface area contributed by atoms with Gasteiger partial charge in [0.25, 0.3) is 5.91 Å². The lowest BCUT2D eigenvalue weighted by Gasteiger charge is -2.03. The summed E-state index contributed by atoms with van der Waals surface area (Å²) < 4.78 is 9.03.